The molecule has 0 radical (unpaired) electrons. The van der Waals surface area contributed by atoms with Gasteiger partial charge in [-0.1, -0.05) is 0 Å². The molecule has 1 aliphatic rings. The Morgan fingerprint density at radius 1 is 1.25 bits per heavy atom. The molecule has 24 heavy (non-hydrogen) atoms. The lowest BCUT2D eigenvalue weighted by Gasteiger charge is -2.21. The molecule has 1 fully saturated rings. The third-order valence-electron chi connectivity index (χ3n) is 4.24. The predicted molar refractivity (Wildman–Crippen MR) is 87.7 cm³/mol. The standard InChI is InChI=1S/C16H18N6O2/c1-20-11-17-10-12(20)15(23)21-6-3-7-22(9-8-21)16-19-14-13(24-16)4-2-5-18-14/h2,4-5,10-11H,3,6-9H2,1H3. The van der Waals surface area contributed by atoms with Crippen LogP contribution in [-0.4, -0.2) is 56.5 Å². The molecule has 3 aromatic rings. The number of hydrogen-bond acceptors (Lipinski definition) is 6. The van der Waals surface area contributed by atoms with Crippen molar-refractivity contribution in [2.75, 3.05) is 31.1 Å². The van der Waals surface area contributed by atoms with Crippen LogP contribution < -0.4 is 4.90 Å². The minimum atomic E-state index is 0.0103. The largest absolute Gasteiger partial charge is 0.422 e. The van der Waals surface area contributed by atoms with Crippen LogP contribution in [0.1, 0.15) is 16.9 Å². The van der Waals surface area contributed by atoms with Crippen LogP contribution in [0.5, 0.6) is 0 Å². The van der Waals surface area contributed by atoms with Gasteiger partial charge in [0.25, 0.3) is 11.9 Å². The maximum atomic E-state index is 12.6. The topological polar surface area (TPSA) is 80.3 Å². The van der Waals surface area contributed by atoms with Crippen molar-refractivity contribution in [2.24, 2.45) is 7.05 Å². The number of amides is 1. The Balaban J connectivity index is 1.50. The molecule has 0 spiro atoms. The second kappa shape index (κ2) is 5.95. The van der Waals surface area contributed by atoms with Crippen molar-refractivity contribution in [3.63, 3.8) is 0 Å². The molecule has 0 bridgehead atoms. The van der Waals surface area contributed by atoms with Crippen LogP contribution >= 0.6 is 0 Å². The highest BCUT2D eigenvalue weighted by atomic mass is 16.4. The first-order valence-electron chi connectivity index (χ1n) is 7.94. The summed E-state index contributed by atoms with van der Waals surface area (Å²) in [5.41, 5.74) is 1.90. The molecule has 3 aromatic heterocycles. The van der Waals surface area contributed by atoms with Gasteiger partial charge in [0.15, 0.2) is 5.58 Å². The molecule has 0 N–H and O–H groups in total. The molecule has 124 valence electrons. The number of hydrogen-bond donors (Lipinski definition) is 0. The molecule has 1 aliphatic heterocycles. The minimum Gasteiger partial charge on any atom is -0.422 e. The maximum absolute atomic E-state index is 12.6. The van der Waals surface area contributed by atoms with Crippen LogP contribution in [0.15, 0.2) is 35.3 Å². The van der Waals surface area contributed by atoms with Crippen LogP contribution in [0.3, 0.4) is 0 Å². The van der Waals surface area contributed by atoms with Crippen molar-refractivity contribution in [1.29, 1.82) is 0 Å². The zero-order valence-corrected chi connectivity index (χ0v) is 13.4. The molecule has 8 heteroatoms. The van der Waals surface area contributed by atoms with Gasteiger partial charge in [-0.25, -0.2) is 9.97 Å². The number of oxazole rings is 1. The first-order chi connectivity index (χ1) is 11.7. The normalized spacial score (nSPS) is 15.7. The van der Waals surface area contributed by atoms with Crippen molar-refractivity contribution in [1.82, 2.24) is 24.4 Å². The Hall–Kier alpha value is -2.90. The van der Waals surface area contributed by atoms with Crippen molar-refractivity contribution < 1.29 is 9.21 Å². The second-order valence-corrected chi connectivity index (χ2v) is 5.84. The van der Waals surface area contributed by atoms with Gasteiger partial charge in [-0.2, -0.15) is 4.98 Å². The maximum Gasteiger partial charge on any atom is 0.300 e. The van der Waals surface area contributed by atoms with Gasteiger partial charge in [-0.3, -0.25) is 4.79 Å². The number of rotatable bonds is 2. The van der Waals surface area contributed by atoms with E-state index in [0.717, 1.165) is 13.0 Å². The SMILES string of the molecule is Cn1cncc1C(=O)N1CCCN(c2nc3ncccc3o2)CC1. The summed E-state index contributed by atoms with van der Waals surface area (Å²) >= 11 is 0. The van der Waals surface area contributed by atoms with Crippen LogP contribution in [0.4, 0.5) is 6.01 Å². The van der Waals surface area contributed by atoms with Crippen molar-refractivity contribution in [3.05, 3.63) is 36.5 Å². The van der Waals surface area contributed by atoms with Gasteiger partial charge in [-0.15, -0.1) is 0 Å². The Morgan fingerprint density at radius 2 is 2.17 bits per heavy atom. The summed E-state index contributed by atoms with van der Waals surface area (Å²) < 4.78 is 7.53. The van der Waals surface area contributed by atoms with Crippen molar-refractivity contribution >= 4 is 23.2 Å². The van der Waals surface area contributed by atoms with Gasteiger partial charge in [-0.05, 0) is 18.6 Å². The zero-order chi connectivity index (χ0) is 16.5. The Kier molecular flexibility index (Phi) is 3.64. The fourth-order valence-corrected chi connectivity index (χ4v) is 2.93. The van der Waals surface area contributed by atoms with E-state index in [9.17, 15) is 4.79 Å². The van der Waals surface area contributed by atoms with Crippen molar-refractivity contribution in [2.45, 2.75) is 6.42 Å². The summed E-state index contributed by atoms with van der Waals surface area (Å²) in [5.74, 6) is 0.0103. The Labute approximate surface area is 138 Å². The molecule has 0 saturated carbocycles. The summed E-state index contributed by atoms with van der Waals surface area (Å²) in [6, 6.07) is 4.25. The quantitative estimate of drug-likeness (QED) is 0.706. The predicted octanol–water partition coefficient (Wildman–Crippen LogP) is 1.31. The second-order valence-electron chi connectivity index (χ2n) is 5.84. The van der Waals surface area contributed by atoms with Crippen LogP contribution in [0, 0.1) is 0 Å². The molecule has 0 atom stereocenters. The Bertz CT molecular complexity index is 837. The number of pyridine rings is 1. The number of carbonyl (C=O) groups is 1. The van der Waals surface area contributed by atoms with E-state index < -0.39 is 0 Å². The summed E-state index contributed by atoms with van der Waals surface area (Å²) in [4.78, 5) is 29.2. The van der Waals surface area contributed by atoms with E-state index in [2.05, 4.69) is 19.9 Å². The number of carbonyl (C=O) groups excluding carboxylic acids is 1. The first kappa shape index (κ1) is 14.7. The number of aromatic nitrogens is 4. The molecule has 4 heterocycles. The minimum absolute atomic E-state index is 0.0103. The van der Waals surface area contributed by atoms with E-state index in [1.54, 1.807) is 23.3 Å². The zero-order valence-electron chi connectivity index (χ0n) is 13.4. The number of imidazole rings is 1. The third kappa shape index (κ3) is 2.60. The molecular weight excluding hydrogens is 308 g/mol. The van der Waals surface area contributed by atoms with E-state index in [1.807, 2.05) is 24.1 Å². The van der Waals surface area contributed by atoms with Gasteiger partial charge < -0.3 is 18.8 Å². The number of anilines is 1. The fraction of sp³-hybridized carbons (Fsp3) is 0.375. The van der Waals surface area contributed by atoms with E-state index in [0.29, 0.717) is 42.6 Å². The van der Waals surface area contributed by atoms with E-state index >= 15 is 0 Å². The number of fused-ring (bicyclic) bond motifs is 1. The highest BCUT2D eigenvalue weighted by Gasteiger charge is 2.24. The third-order valence-corrected chi connectivity index (χ3v) is 4.24. The first-order valence-corrected chi connectivity index (χ1v) is 7.94. The number of aryl methyl sites for hydroxylation is 1. The fourth-order valence-electron chi connectivity index (χ4n) is 2.93. The van der Waals surface area contributed by atoms with E-state index in [-0.39, 0.29) is 5.91 Å². The van der Waals surface area contributed by atoms with Gasteiger partial charge in [0.2, 0.25) is 5.65 Å². The van der Waals surface area contributed by atoms with Crippen LogP contribution in [0.25, 0.3) is 11.2 Å². The molecule has 1 saturated heterocycles. The Morgan fingerprint density at radius 3 is 2.96 bits per heavy atom. The molecule has 8 nitrogen and oxygen atoms in total. The molecular formula is C16H18N6O2. The van der Waals surface area contributed by atoms with Crippen molar-refractivity contribution in [3.8, 4) is 0 Å². The van der Waals surface area contributed by atoms with Gasteiger partial charge in [0, 0.05) is 39.4 Å². The molecule has 0 aromatic carbocycles. The monoisotopic (exact) mass is 326 g/mol. The number of nitrogens with zero attached hydrogens (tertiary/aromatic N) is 6. The summed E-state index contributed by atoms with van der Waals surface area (Å²) in [5, 5.41) is 0. The summed E-state index contributed by atoms with van der Waals surface area (Å²) in [7, 11) is 1.83. The highest BCUT2D eigenvalue weighted by Crippen LogP contribution is 2.21. The lowest BCUT2D eigenvalue weighted by molar-refractivity contribution is 0.0757. The molecule has 0 aliphatic carbocycles. The van der Waals surface area contributed by atoms with Crippen LogP contribution in [-0.2, 0) is 7.05 Å². The summed E-state index contributed by atoms with van der Waals surface area (Å²) in [6.45, 7) is 2.80. The molecule has 0 unspecified atom stereocenters. The highest BCUT2D eigenvalue weighted by molar-refractivity contribution is 5.92. The average Bonchev–Trinajstić information content (AvgIpc) is 3.13. The van der Waals surface area contributed by atoms with Gasteiger partial charge in [0.05, 0.1) is 12.5 Å². The van der Waals surface area contributed by atoms with Gasteiger partial charge in [0.1, 0.15) is 5.69 Å². The van der Waals surface area contributed by atoms with E-state index in [1.165, 1.54) is 0 Å². The average molecular weight is 326 g/mol. The molecule has 4 rings (SSSR count). The van der Waals surface area contributed by atoms with E-state index in [4.69, 9.17) is 4.42 Å². The molecule has 1 amide bonds. The van der Waals surface area contributed by atoms with Crippen LogP contribution in [0.2, 0.25) is 0 Å². The smallest absolute Gasteiger partial charge is 0.300 e. The summed E-state index contributed by atoms with van der Waals surface area (Å²) in [6.07, 6.45) is 5.81. The van der Waals surface area contributed by atoms with Gasteiger partial charge >= 0.3 is 0 Å². The lowest BCUT2D eigenvalue weighted by Crippen LogP contribution is -2.36. The lowest BCUT2D eigenvalue weighted by atomic mass is 10.3.